The van der Waals surface area contributed by atoms with Crippen LogP contribution in [0.5, 0.6) is 0 Å². The third-order valence-corrected chi connectivity index (χ3v) is 13.8. The average Bonchev–Trinajstić information content (AvgIpc) is 3.01. The quantitative estimate of drug-likeness (QED) is 0.0750. The van der Waals surface area contributed by atoms with Crippen LogP contribution in [0.15, 0.2) is 57.5 Å². The highest BCUT2D eigenvalue weighted by Gasteiger charge is 2.41. The summed E-state index contributed by atoms with van der Waals surface area (Å²) in [6, 6.07) is 12.7. The van der Waals surface area contributed by atoms with Gasteiger partial charge in [0, 0.05) is 21.3 Å². The van der Waals surface area contributed by atoms with E-state index in [2.05, 4.69) is 42.5 Å². The number of ether oxygens (including phenoxy) is 1. The summed E-state index contributed by atoms with van der Waals surface area (Å²) in [5.41, 5.74) is 11.1. The van der Waals surface area contributed by atoms with Crippen LogP contribution in [0.1, 0.15) is 52.2 Å². The Kier molecular flexibility index (Phi) is 16.1. The van der Waals surface area contributed by atoms with Gasteiger partial charge in [-0.3, -0.25) is 18.7 Å². The molecule has 0 heterocycles. The number of rotatable bonds is 17. The fourth-order valence-corrected chi connectivity index (χ4v) is 7.64. The van der Waals surface area contributed by atoms with Crippen LogP contribution in [-0.2, 0) is 45.9 Å². The van der Waals surface area contributed by atoms with Gasteiger partial charge in [0.15, 0.2) is 0 Å². The number of hydrogen-bond acceptors (Lipinski definition) is 9. The second-order valence-electron chi connectivity index (χ2n) is 12.5. The van der Waals surface area contributed by atoms with E-state index in [1.807, 2.05) is 0 Å². The smallest absolute Gasteiger partial charge is 0.339 e. The predicted octanol–water partition coefficient (Wildman–Crippen LogP) is 4.24. The third-order valence-electron chi connectivity index (χ3n) is 8.23. The summed E-state index contributed by atoms with van der Waals surface area (Å²) in [5.74, 6) is -7.97. The van der Waals surface area contributed by atoms with E-state index >= 15 is 0 Å². The van der Waals surface area contributed by atoms with Gasteiger partial charge in [-0.1, -0.05) is 63.0 Å². The van der Waals surface area contributed by atoms with E-state index in [9.17, 15) is 38.1 Å². The number of halogens is 2. The van der Waals surface area contributed by atoms with Crippen LogP contribution < -0.4 is 22.1 Å². The molecule has 8 N–H and O–H groups in total. The first-order valence-electron chi connectivity index (χ1n) is 15.6. The van der Waals surface area contributed by atoms with Gasteiger partial charge in [0.2, 0.25) is 26.6 Å². The van der Waals surface area contributed by atoms with E-state index in [-0.39, 0.29) is 19.3 Å². The zero-order valence-corrected chi connectivity index (χ0v) is 33.1. The second kappa shape index (κ2) is 18.3. The third kappa shape index (κ3) is 13.1. The number of nitrogens with one attached hydrogen (secondary N) is 2. The number of carbonyl (C=O) groups is 4. The Morgan fingerprint density at radius 3 is 1.55 bits per heavy atom. The van der Waals surface area contributed by atoms with Gasteiger partial charge in [-0.05, 0) is 82.3 Å². The summed E-state index contributed by atoms with van der Waals surface area (Å²) in [7, 11) is -7.91. The topological polar surface area (TPSA) is 228 Å². The van der Waals surface area contributed by atoms with E-state index in [1.165, 1.54) is 27.7 Å². The highest BCUT2D eigenvalue weighted by molar-refractivity contribution is 9.10. The number of esters is 2. The maximum Gasteiger partial charge on any atom is 0.339 e. The molecule has 0 aliphatic heterocycles. The van der Waals surface area contributed by atoms with Gasteiger partial charge in [-0.25, -0.2) is 9.59 Å². The first-order chi connectivity index (χ1) is 22.6. The van der Waals surface area contributed by atoms with Crippen LogP contribution in [0.25, 0.3) is 0 Å². The number of amides is 2. The molecule has 2 aromatic rings. The molecule has 8 unspecified atom stereocenters. The molecular weight excluding hydrogens is 806 g/mol. The van der Waals surface area contributed by atoms with Crippen LogP contribution in [0, 0.1) is 11.8 Å². The summed E-state index contributed by atoms with van der Waals surface area (Å²) >= 11 is 6.68. The van der Waals surface area contributed by atoms with E-state index in [0.717, 1.165) is 8.95 Å². The molecule has 49 heavy (non-hydrogen) atoms. The van der Waals surface area contributed by atoms with Crippen LogP contribution in [-0.4, -0.2) is 69.0 Å². The minimum atomic E-state index is -3.97. The molecule has 2 amide bonds. The van der Waals surface area contributed by atoms with Gasteiger partial charge < -0.3 is 36.6 Å². The molecule has 0 radical (unpaired) electrons. The number of nitrogens with two attached hydrogens (primary N) is 2. The average molecular weight is 852 g/mol. The van der Waals surface area contributed by atoms with Gasteiger partial charge in [0.25, 0.3) is 0 Å². The Morgan fingerprint density at radius 2 is 1.18 bits per heavy atom. The maximum absolute atomic E-state index is 13.6. The van der Waals surface area contributed by atoms with Gasteiger partial charge in [-0.2, -0.15) is 0 Å². The van der Waals surface area contributed by atoms with Crippen molar-refractivity contribution in [2.75, 3.05) is 12.3 Å². The SMILES string of the molecule is CCC(C)(NC(=O)C(Cc1ccc(Br)cc1)CP(=O)(O)C(C)N)C(=O)OC(=O)C(C)NC(=O)C(Cc1ccc(Br)cc1)CP(=O)(O)C(C)N. The highest BCUT2D eigenvalue weighted by Crippen LogP contribution is 2.47. The molecule has 17 heteroatoms. The van der Waals surface area contributed by atoms with Gasteiger partial charge in [0.05, 0.1) is 23.4 Å². The molecule has 0 spiro atoms. The molecule has 13 nitrogen and oxygen atoms in total. The zero-order valence-electron chi connectivity index (χ0n) is 28.1. The molecule has 0 aliphatic rings. The first kappa shape index (κ1) is 42.9. The molecule has 2 rings (SSSR count). The van der Waals surface area contributed by atoms with Crippen molar-refractivity contribution in [2.45, 2.75) is 77.0 Å². The molecule has 272 valence electrons. The molecule has 2 aromatic carbocycles. The minimum absolute atomic E-state index is 0.0149. The van der Waals surface area contributed by atoms with Crippen molar-refractivity contribution >= 4 is 70.4 Å². The van der Waals surface area contributed by atoms with Crippen molar-refractivity contribution in [1.82, 2.24) is 10.6 Å². The Balaban J connectivity index is 2.20. The Bertz CT molecular complexity index is 1580. The highest BCUT2D eigenvalue weighted by atomic mass is 79.9. The van der Waals surface area contributed by atoms with Gasteiger partial charge in [-0.15, -0.1) is 0 Å². The van der Waals surface area contributed by atoms with Crippen LogP contribution >= 0.6 is 46.6 Å². The van der Waals surface area contributed by atoms with E-state index in [0.29, 0.717) is 11.1 Å². The fourth-order valence-electron chi connectivity index (χ4n) is 4.59. The van der Waals surface area contributed by atoms with Gasteiger partial charge in [0.1, 0.15) is 11.6 Å². The molecular formula is C32H46Br2N4O9P2. The maximum atomic E-state index is 13.6. The molecule has 0 aliphatic carbocycles. The minimum Gasteiger partial charge on any atom is -0.390 e. The van der Waals surface area contributed by atoms with E-state index in [4.69, 9.17) is 16.2 Å². The zero-order chi connectivity index (χ0) is 37.3. The molecule has 0 fully saturated rings. The molecule has 0 saturated heterocycles. The van der Waals surface area contributed by atoms with Crippen molar-refractivity contribution in [1.29, 1.82) is 0 Å². The summed E-state index contributed by atoms with van der Waals surface area (Å²) in [6.45, 7) is 6.97. The van der Waals surface area contributed by atoms with Gasteiger partial charge >= 0.3 is 11.9 Å². The number of carbonyl (C=O) groups excluding carboxylic acids is 4. The standard InChI is InChI=1S/C32H46Br2N4O9P2/c1-6-32(5,38-29(40)25(18-49(45,46)21(4)36)16-23-9-13-27(34)14-10-23)31(42)47-30(41)19(2)37-28(39)24(17-48(43,44)20(3)35)15-22-7-11-26(33)12-8-22/h7-14,19-21,24-25H,6,15-18,35-36H2,1-5H3,(H,37,39)(H,38,40)(H,43,44)(H,45,46). The van der Waals surface area contributed by atoms with Crippen molar-refractivity contribution in [2.24, 2.45) is 23.3 Å². The molecule has 0 saturated carbocycles. The number of hydrogen-bond donors (Lipinski definition) is 6. The Morgan fingerprint density at radius 1 is 0.796 bits per heavy atom. The van der Waals surface area contributed by atoms with Crippen LogP contribution in [0.4, 0.5) is 0 Å². The largest absolute Gasteiger partial charge is 0.390 e. The second-order valence-corrected chi connectivity index (χ2v) is 19.7. The van der Waals surface area contributed by atoms with Crippen molar-refractivity contribution in [3.05, 3.63) is 68.6 Å². The summed E-state index contributed by atoms with van der Waals surface area (Å²) < 4.78 is 32.3. The first-order valence-corrected chi connectivity index (χ1v) is 21.0. The fraction of sp³-hybridized carbons (Fsp3) is 0.500. The number of benzene rings is 2. The molecule has 0 bridgehead atoms. The normalized spacial score (nSPS) is 18.3. The van der Waals surface area contributed by atoms with Crippen molar-refractivity contribution in [3.8, 4) is 0 Å². The lowest BCUT2D eigenvalue weighted by Crippen LogP contribution is -2.56. The predicted molar refractivity (Wildman–Crippen MR) is 195 cm³/mol. The lowest BCUT2D eigenvalue weighted by molar-refractivity contribution is -0.167. The summed E-state index contributed by atoms with van der Waals surface area (Å²) in [5, 5.41) is 5.06. The lowest BCUT2D eigenvalue weighted by atomic mass is 9.95. The van der Waals surface area contributed by atoms with Crippen molar-refractivity contribution < 1.29 is 42.8 Å². The lowest BCUT2D eigenvalue weighted by Gasteiger charge is -2.30. The molecule has 0 aromatic heterocycles. The van der Waals surface area contributed by atoms with E-state index < -0.39 is 85.8 Å². The van der Waals surface area contributed by atoms with Crippen LogP contribution in [0.3, 0.4) is 0 Å². The Labute approximate surface area is 303 Å². The van der Waals surface area contributed by atoms with Crippen molar-refractivity contribution in [3.63, 3.8) is 0 Å². The van der Waals surface area contributed by atoms with Crippen LogP contribution in [0.2, 0.25) is 0 Å². The van der Waals surface area contributed by atoms with E-state index in [1.54, 1.807) is 55.5 Å². The monoisotopic (exact) mass is 850 g/mol. The Hall–Kier alpha value is -2.22. The summed E-state index contributed by atoms with van der Waals surface area (Å²) in [4.78, 5) is 74.2. The summed E-state index contributed by atoms with van der Waals surface area (Å²) in [6.07, 6.45) is -0.771. The molecule has 8 atom stereocenters.